The van der Waals surface area contributed by atoms with Crippen molar-refractivity contribution in [2.45, 2.75) is 26.3 Å². The fourth-order valence-corrected chi connectivity index (χ4v) is 5.02. The van der Waals surface area contributed by atoms with Crippen molar-refractivity contribution in [1.82, 2.24) is 20.0 Å². The van der Waals surface area contributed by atoms with Gasteiger partial charge in [0.25, 0.3) is 11.7 Å². The maximum absolute atomic E-state index is 13.0. The molecule has 2 aromatic heterocycles. The van der Waals surface area contributed by atoms with Crippen molar-refractivity contribution in [2.75, 3.05) is 39.4 Å². The van der Waals surface area contributed by atoms with E-state index in [9.17, 15) is 14.7 Å². The monoisotopic (exact) mass is 430 g/mol. The van der Waals surface area contributed by atoms with Gasteiger partial charge >= 0.3 is 0 Å². The number of aliphatic hydroxyl groups is 1. The molecule has 2 aliphatic heterocycles. The number of aromatic nitrogens is 2. The van der Waals surface area contributed by atoms with Gasteiger partial charge in [0.2, 0.25) is 0 Å². The Labute approximate surface area is 179 Å². The van der Waals surface area contributed by atoms with Crippen molar-refractivity contribution in [3.05, 3.63) is 44.9 Å². The van der Waals surface area contributed by atoms with Crippen LogP contribution in [0.3, 0.4) is 0 Å². The van der Waals surface area contributed by atoms with Gasteiger partial charge in [0.15, 0.2) is 0 Å². The quantitative estimate of drug-likeness (QED) is 0.414. The number of nitrogens with one attached hydrogen (secondary N) is 1. The highest BCUT2D eigenvalue weighted by Gasteiger charge is 2.46. The molecule has 2 aromatic rings. The summed E-state index contributed by atoms with van der Waals surface area (Å²) in [6, 6.07) is 3.21. The molecule has 1 atom stereocenters. The van der Waals surface area contributed by atoms with Crippen LogP contribution in [0.4, 0.5) is 0 Å². The van der Waals surface area contributed by atoms with Crippen molar-refractivity contribution in [2.24, 2.45) is 0 Å². The highest BCUT2D eigenvalue weighted by Crippen LogP contribution is 2.41. The number of carbonyl (C=O) groups excluding carboxylic acids is 2. The first-order valence-electron chi connectivity index (χ1n) is 10.1. The van der Waals surface area contributed by atoms with Crippen molar-refractivity contribution in [1.29, 1.82) is 0 Å². The number of Topliss-reactive ketones (excluding diaryl/α,β-unsaturated/α-hetero) is 1. The number of morpholine rings is 1. The summed E-state index contributed by atoms with van der Waals surface area (Å²) in [7, 11) is 0. The van der Waals surface area contributed by atoms with Crippen LogP contribution in [-0.2, 0) is 14.3 Å². The number of amides is 1. The minimum atomic E-state index is -0.641. The molecule has 2 saturated heterocycles. The molecule has 4 heterocycles. The van der Waals surface area contributed by atoms with E-state index in [0.29, 0.717) is 23.5 Å². The molecule has 0 unspecified atom stereocenters. The van der Waals surface area contributed by atoms with Crippen LogP contribution in [0.1, 0.15) is 34.3 Å². The number of H-pyrrole nitrogens is 1. The Morgan fingerprint density at radius 1 is 1.30 bits per heavy atom. The Hall–Kier alpha value is -2.49. The summed E-state index contributed by atoms with van der Waals surface area (Å²) in [5.41, 5.74) is 1.88. The smallest absolute Gasteiger partial charge is 0.295 e. The minimum absolute atomic E-state index is 0.140. The molecule has 0 aliphatic carbocycles. The van der Waals surface area contributed by atoms with Crippen LogP contribution in [0.2, 0.25) is 0 Å². The van der Waals surface area contributed by atoms with Crippen LogP contribution in [0, 0.1) is 13.8 Å². The second kappa shape index (κ2) is 8.71. The number of nitrogens with zero attached hydrogens (tertiary/aromatic N) is 3. The maximum atomic E-state index is 13.0. The fraction of sp³-hybridized carbons (Fsp3) is 0.476. The molecule has 1 amide bonds. The van der Waals surface area contributed by atoms with Crippen LogP contribution in [0.5, 0.6) is 0 Å². The predicted octanol–water partition coefficient (Wildman–Crippen LogP) is 2.23. The zero-order valence-electron chi connectivity index (χ0n) is 17.2. The van der Waals surface area contributed by atoms with Crippen molar-refractivity contribution in [3.63, 3.8) is 0 Å². The Morgan fingerprint density at radius 2 is 2.07 bits per heavy atom. The van der Waals surface area contributed by atoms with E-state index in [1.165, 1.54) is 11.3 Å². The number of ether oxygens (including phenoxy) is 1. The largest absolute Gasteiger partial charge is 0.507 e. The van der Waals surface area contributed by atoms with Gasteiger partial charge in [0.05, 0.1) is 36.1 Å². The van der Waals surface area contributed by atoms with E-state index < -0.39 is 17.7 Å². The Kier molecular flexibility index (Phi) is 6.03. The summed E-state index contributed by atoms with van der Waals surface area (Å²) in [5, 5.41) is 19.9. The highest BCUT2D eigenvalue weighted by molar-refractivity contribution is 7.10. The van der Waals surface area contributed by atoms with Gasteiger partial charge in [-0.1, -0.05) is 6.07 Å². The third-order valence-corrected chi connectivity index (χ3v) is 6.62. The number of hydrogen-bond donors (Lipinski definition) is 2. The van der Waals surface area contributed by atoms with Crippen LogP contribution in [0.25, 0.3) is 5.76 Å². The van der Waals surface area contributed by atoms with E-state index >= 15 is 0 Å². The first-order valence-corrected chi connectivity index (χ1v) is 11.0. The second-order valence-corrected chi connectivity index (χ2v) is 8.60. The van der Waals surface area contributed by atoms with Crippen molar-refractivity contribution >= 4 is 28.8 Å². The molecule has 0 radical (unpaired) electrons. The number of likely N-dealkylation sites (tertiary alicyclic amines) is 1. The number of aromatic amines is 1. The summed E-state index contributed by atoms with van der Waals surface area (Å²) in [6.07, 6.45) is 0.749. The fourth-order valence-electron chi connectivity index (χ4n) is 4.18. The standard InChI is InChI=1S/C21H26N4O4S/c1-13-16(14(2)23-22-13)19(26)17-18(15-5-3-12-30-15)25(21(28)20(17)27)7-4-6-24-8-10-29-11-9-24/h3,5,12,18,26H,4,6-11H2,1-2H3,(H,22,23)/b19-17+/t18-/m0/s1. The molecular weight excluding hydrogens is 404 g/mol. The second-order valence-electron chi connectivity index (χ2n) is 7.62. The molecule has 8 nitrogen and oxygen atoms in total. The van der Waals surface area contributed by atoms with Crippen molar-refractivity contribution < 1.29 is 19.4 Å². The Balaban J connectivity index is 1.64. The average molecular weight is 431 g/mol. The van der Waals surface area contributed by atoms with E-state index in [-0.39, 0.29) is 11.3 Å². The number of carbonyl (C=O) groups is 2. The summed E-state index contributed by atoms with van der Waals surface area (Å²) in [5.74, 6) is -1.36. The maximum Gasteiger partial charge on any atom is 0.295 e. The molecule has 0 spiro atoms. The number of aryl methyl sites for hydroxylation is 2. The minimum Gasteiger partial charge on any atom is -0.507 e. The van der Waals surface area contributed by atoms with E-state index in [0.717, 1.165) is 44.1 Å². The molecule has 30 heavy (non-hydrogen) atoms. The molecule has 160 valence electrons. The summed E-state index contributed by atoms with van der Waals surface area (Å²) >= 11 is 1.47. The van der Waals surface area contributed by atoms with E-state index in [1.54, 1.807) is 18.7 Å². The first-order chi connectivity index (χ1) is 14.5. The van der Waals surface area contributed by atoms with Gasteiger partial charge in [-0.2, -0.15) is 5.10 Å². The lowest BCUT2D eigenvalue weighted by molar-refractivity contribution is -0.140. The number of rotatable bonds is 6. The molecule has 4 rings (SSSR count). The molecule has 0 saturated carbocycles. The van der Waals surface area contributed by atoms with Crippen LogP contribution < -0.4 is 0 Å². The molecule has 2 aliphatic rings. The molecule has 0 bridgehead atoms. The Morgan fingerprint density at radius 3 is 2.70 bits per heavy atom. The number of hydrogen-bond acceptors (Lipinski definition) is 7. The lowest BCUT2D eigenvalue weighted by atomic mass is 9.99. The first kappa shape index (κ1) is 20.8. The van der Waals surface area contributed by atoms with Gasteiger partial charge in [0.1, 0.15) is 5.76 Å². The number of aliphatic hydroxyl groups excluding tert-OH is 1. The lowest BCUT2D eigenvalue weighted by Gasteiger charge is -2.28. The normalized spacial score (nSPS) is 22.2. The van der Waals surface area contributed by atoms with Gasteiger partial charge in [-0.3, -0.25) is 19.6 Å². The average Bonchev–Trinajstić information content (AvgIpc) is 3.44. The third kappa shape index (κ3) is 3.80. The Bertz CT molecular complexity index is 940. The molecule has 9 heteroatoms. The SMILES string of the molecule is Cc1n[nH]c(C)c1/C(O)=C1\C(=O)C(=O)N(CCCN2CCOCC2)[C@H]1c1cccs1. The summed E-state index contributed by atoms with van der Waals surface area (Å²) in [6.45, 7) is 8.05. The van der Waals surface area contributed by atoms with Gasteiger partial charge in [-0.15, -0.1) is 11.3 Å². The van der Waals surface area contributed by atoms with Gasteiger partial charge in [-0.25, -0.2) is 0 Å². The number of ketones is 1. The van der Waals surface area contributed by atoms with Crippen LogP contribution in [0.15, 0.2) is 23.1 Å². The van der Waals surface area contributed by atoms with Gasteiger partial charge in [-0.05, 0) is 31.7 Å². The molecule has 2 N–H and O–H groups in total. The molecule has 0 aromatic carbocycles. The summed E-state index contributed by atoms with van der Waals surface area (Å²) in [4.78, 5) is 30.7. The van der Waals surface area contributed by atoms with Gasteiger partial charge < -0.3 is 14.7 Å². The van der Waals surface area contributed by atoms with E-state index in [4.69, 9.17) is 4.74 Å². The zero-order chi connectivity index (χ0) is 21.3. The lowest BCUT2D eigenvalue weighted by Crippen LogP contribution is -2.38. The molecular formula is C21H26N4O4S. The zero-order valence-corrected chi connectivity index (χ0v) is 18.0. The molecule has 2 fully saturated rings. The predicted molar refractivity (Wildman–Crippen MR) is 113 cm³/mol. The van der Waals surface area contributed by atoms with Crippen molar-refractivity contribution in [3.8, 4) is 0 Å². The van der Waals surface area contributed by atoms with Crippen LogP contribution in [-0.4, -0.2) is 76.2 Å². The number of thiophene rings is 1. The van der Waals surface area contributed by atoms with Crippen LogP contribution >= 0.6 is 11.3 Å². The van der Waals surface area contributed by atoms with E-state index in [1.807, 2.05) is 17.5 Å². The third-order valence-electron chi connectivity index (χ3n) is 5.69. The van der Waals surface area contributed by atoms with Gasteiger partial charge in [0, 0.05) is 36.8 Å². The highest BCUT2D eigenvalue weighted by atomic mass is 32.1. The topological polar surface area (TPSA) is 98.8 Å². The van der Waals surface area contributed by atoms with E-state index in [2.05, 4.69) is 15.1 Å². The summed E-state index contributed by atoms with van der Waals surface area (Å²) < 4.78 is 5.38.